The van der Waals surface area contributed by atoms with E-state index in [2.05, 4.69) is 6.92 Å². The fourth-order valence-corrected chi connectivity index (χ4v) is 1.50. The molecule has 0 fully saturated rings. The second-order valence-electron chi connectivity index (χ2n) is 3.82. The van der Waals surface area contributed by atoms with E-state index in [0.717, 1.165) is 19.3 Å². The van der Waals surface area contributed by atoms with Crippen LogP contribution in [0, 0.1) is 0 Å². The van der Waals surface area contributed by atoms with Gasteiger partial charge in [0.1, 0.15) is 0 Å². The number of ether oxygens (including phenoxy) is 1. The van der Waals surface area contributed by atoms with Crippen LogP contribution in [-0.4, -0.2) is 24.4 Å². The minimum Gasteiger partial charge on any atom is -0.387 e. The third-order valence-electron chi connectivity index (χ3n) is 2.57. The molecule has 0 heterocycles. The average Bonchev–Trinajstić information content (AvgIpc) is 2.13. The smallest absolute Gasteiger partial charge is 0.0877 e. The lowest BCUT2D eigenvalue weighted by Crippen LogP contribution is -2.33. The quantitative estimate of drug-likeness (QED) is 0.593. The van der Waals surface area contributed by atoms with Crippen LogP contribution in [-0.2, 0) is 4.74 Å². The molecule has 1 N–H and O–H groups in total. The molecule has 13 heavy (non-hydrogen) atoms. The van der Waals surface area contributed by atoms with Gasteiger partial charge in [0.25, 0.3) is 0 Å². The maximum Gasteiger partial charge on any atom is 0.0877 e. The van der Waals surface area contributed by atoms with Crippen LogP contribution in [0.4, 0.5) is 0 Å². The summed E-state index contributed by atoms with van der Waals surface area (Å²) in [7, 11) is 1.65. The molecule has 0 amide bonds. The van der Waals surface area contributed by atoms with E-state index in [1.807, 2.05) is 6.92 Å². The number of hydrogen-bond acceptors (Lipinski definition) is 2. The van der Waals surface area contributed by atoms with Crippen molar-refractivity contribution in [3.63, 3.8) is 0 Å². The molecule has 2 heteroatoms. The molecule has 2 nitrogen and oxygen atoms in total. The Kier molecular flexibility index (Phi) is 7.29. The molecule has 1 unspecified atom stereocenters. The summed E-state index contributed by atoms with van der Waals surface area (Å²) in [5.41, 5.74) is -0.581. The highest BCUT2D eigenvalue weighted by molar-refractivity contribution is 4.75. The van der Waals surface area contributed by atoms with Crippen molar-refractivity contribution in [2.24, 2.45) is 0 Å². The largest absolute Gasteiger partial charge is 0.387 e. The molecule has 0 aliphatic rings. The van der Waals surface area contributed by atoms with Crippen LogP contribution >= 0.6 is 0 Å². The van der Waals surface area contributed by atoms with Crippen LogP contribution in [0.2, 0.25) is 0 Å². The van der Waals surface area contributed by atoms with E-state index in [1.54, 1.807) is 7.11 Å². The van der Waals surface area contributed by atoms with Crippen LogP contribution in [0.25, 0.3) is 0 Å². The Morgan fingerprint density at radius 1 is 1.15 bits per heavy atom. The SMILES string of the molecule is CCCCCCC(O)(CC)COC. The Hall–Kier alpha value is -0.0800. The van der Waals surface area contributed by atoms with Crippen molar-refractivity contribution in [3.05, 3.63) is 0 Å². The molecular weight excluding hydrogens is 164 g/mol. The third-order valence-corrected chi connectivity index (χ3v) is 2.57. The average molecular weight is 188 g/mol. The normalized spacial score (nSPS) is 15.7. The minimum atomic E-state index is -0.581. The standard InChI is InChI=1S/C11H24O2/c1-4-6-7-8-9-11(12,5-2)10-13-3/h12H,4-10H2,1-3H3. The zero-order valence-corrected chi connectivity index (χ0v) is 9.31. The lowest BCUT2D eigenvalue weighted by atomic mass is 9.94. The van der Waals surface area contributed by atoms with Gasteiger partial charge in [0.15, 0.2) is 0 Å². The zero-order valence-electron chi connectivity index (χ0n) is 9.31. The summed E-state index contributed by atoms with van der Waals surface area (Å²) < 4.78 is 5.00. The molecule has 80 valence electrons. The van der Waals surface area contributed by atoms with Crippen LogP contribution in [0.5, 0.6) is 0 Å². The van der Waals surface area contributed by atoms with Crippen molar-refractivity contribution in [1.82, 2.24) is 0 Å². The maximum absolute atomic E-state index is 9.99. The summed E-state index contributed by atoms with van der Waals surface area (Å²) in [6.45, 7) is 4.68. The predicted octanol–water partition coefficient (Wildman–Crippen LogP) is 2.74. The van der Waals surface area contributed by atoms with Gasteiger partial charge in [-0.15, -0.1) is 0 Å². The van der Waals surface area contributed by atoms with Gasteiger partial charge in [-0.3, -0.25) is 0 Å². The van der Waals surface area contributed by atoms with E-state index >= 15 is 0 Å². The molecule has 0 aliphatic carbocycles. The van der Waals surface area contributed by atoms with E-state index in [-0.39, 0.29) is 0 Å². The van der Waals surface area contributed by atoms with Crippen molar-refractivity contribution in [2.75, 3.05) is 13.7 Å². The van der Waals surface area contributed by atoms with Gasteiger partial charge in [-0.1, -0.05) is 39.5 Å². The second kappa shape index (κ2) is 7.34. The van der Waals surface area contributed by atoms with Gasteiger partial charge in [-0.2, -0.15) is 0 Å². The lowest BCUT2D eigenvalue weighted by molar-refractivity contribution is -0.0412. The van der Waals surface area contributed by atoms with Crippen molar-refractivity contribution in [3.8, 4) is 0 Å². The predicted molar refractivity (Wildman–Crippen MR) is 55.9 cm³/mol. The van der Waals surface area contributed by atoms with Crippen LogP contribution in [0.1, 0.15) is 52.4 Å². The van der Waals surface area contributed by atoms with Gasteiger partial charge in [-0.05, 0) is 12.8 Å². The van der Waals surface area contributed by atoms with Crippen LogP contribution in [0.3, 0.4) is 0 Å². The summed E-state index contributed by atoms with van der Waals surface area (Å²) in [4.78, 5) is 0. The summed E-state index contributed by atoms with van der Waals surface area (Å²) in [6, 6.07) is 0. The van der Waals surface area contributed by atoms with Crippen molar-refractivity contribution >= 4 is 0 Å². The van der Waals surface area contributed by atoms with E-state index in [1.165, 1.54) is 19.3 Å². The van der Waals surface area contributed by atoms with Gasteiger partial charge in [0.2, 0.25) is 0 Å². The first kappa shape index (κ1) is 12.9. The third kappa shape index (κ3) is 6.05. The Bertz CT molecular complexity index is 115. The number of hydrogen-bond donors (Lipinski definition) is 1. The highest BCUT2D eigenvalue weighted by Gasteiger charge is 2.23. The Morgan fingerprint density at radius 2 is 1.85 bits per heavy atom. The first-order chi connectivity index (χ1) is 6.18. The van der Waals surface area contributed by atoms with Crippen LogP contribution in [0.15, 0.2) is 0 Å². The van der Waals surface area contributed by atoms with Gasteiger partial charge in [0.05, 0.1) is 12.2 Å². The van der Waals surface area contributed by atoms with Gasteiger partial charge < -0.3 is 9.84 Å². The fraction of sp³-hybridized carbons (Fsp3) is 1.00. The molecular formula is C11H24O2. The topological polar surface area (TPSA) is 29.5 Å². The summed E-state index contributed by atoms with van der Waals surface area (Å²) in [6.07, 6.45) is 6.51. The highest BCUT2D eigenvalue weighted by atomic mass is 16.5. The highest BCUT2D eigenvalue weighted by Crippen LogP contribution is 2.19. The zero-order chi connectivity index (χ0) is 10.2. The molecule has 0 aromatic carbocycles. The number of unbranched alkanes of at least 4 members (excludes halogenated alkanes) is 3. The molecule has 0 saturated heterocycles. The first-order valence-electron chi connectivity index (χ1n) is 5.40. The Balaban J connectivity index is 3.57. The van der Waals surface area contributed by atoms with E-state index in [9.17, 15) is 5.11 Å². The molecule has 0 aromatic rings. The molecule has 0 bridgehead atoms. The van der Waals surface area contributed by atoms with E-state index < -0.39 is 5.60 Å². The van der Waals surface area contributed by atoms with Crippen molar-refractivity contribution in [1.29, 1.82) is 0 Å². The summed E-state index contributed by atoms with van der Waals surface area (Å²) >= 11 is 0. The van der Waals surface area contributed by atoms with Crippen molar-refractivity contribution in [2.45, 2.75) is 58.0 Å². The summed E-state index contributed by atoms with van der Waals surface area (Å²) in [5.74, 6) is 0. The molecule has 1 atom stereocenters. The number of rotatable bonds is 8. The summed E-state index contributed by atoms with van der Waals surface area (Å²) in [5, 5.41) is 9.99. The number of aliphatic hydroxyl groups is 1. The molecule has 0 rings (SSSR count). The Morgan fingerprint density at radius 3 is 2.31 bits per heavy atom. The van der Waals surface area contributed by atoms with Crippen LogP contribution < -0.4 is 0 Å². The molecule has 0 saturated carbocycles. The maximum atomic E-state index is 9.99. The molecule has 0 radical (unpaired) electrons. The minimum absolute atomic E-state index is 0.468. The fourth-order valence-electron chi connectivity index (χ4n) is 1.50. The Labute approximate surface area is 82.3 Å². The van der Waals surface area contributed by atoms with E-state index in [4.69, 9.17) is 4.74 Å². The lowest BCUT2D eigenvalue weighted by Gasteiger charge is -2.25. The first-order valence-corrected chi connectivity index (χ1v) is 5.40. The van der Waals surface area contributed by atoms with Crippen molar-refractivity contribution < 1.29 is 9.84 Å². The second-order valence-corrected chi connectivity index (χ2v) is 3.82. The van der Waals surface area contributed by atoms with Gasteiger partial charge in [0, 0.05) is 7.11 Å². The van der Waals surface area contributed by atoms with Gasteiger partial charge >= 0.3 is 0 Å². The number of methoxy groups -OCH3 is 1. The van der Waals surface area contributed by atoms with Gasteiger partial charge in [-0.25, -0.2) is 0 Å². The molecule has 0 aromatic heterocycles. The molecule has 0 aliphatic heterocycles. The monoisotopic (exact) mass is 188 g/mol. The van der Waals surface area contributed by atoms with E-state index in [0.29, 0.717) is 6.61 Å². The molecule has 0 spiro atoms.